The summed E-state index contributed by atoms with van der Waals surface area (Å²) < 4.78 is 7.34. The number of fused-ring (bicyclic) bond motifs is 3. The molecule has 1 aromatic carbocycles. The third kappa shape index (κ3) is 2.39. The van der Waals surface area contributed by atoms with Gasteiger partial charge in [-0.25, -0.2) is 0 Å². The Bertz CT molecular complexity index is 899. The van der Waals surface area contributed by atoms with Crippen molar-refractivity contribution in [3.05, 3.63) is 51.2 Å². The standard InChI is InChI=1S/C18H19N3O3/c1-24-16-9-11(2-3-15(16)22)8-12-5-7-21-14-4-6-19-10-13(14)18(23)20-17(12)21/h2-3,8-9,19,22H,4-7,10H2,1H3/b12-8+. The second-order valence-corrected chi connectivity index (χ2v) is 6.10. The highest BCUT2D eigenvalue weighted by molar-refractivity contribution is 5.80. The number of phenolic OH excluding ortho intramolecular Hbond substituents is 1. The molecule has 2 aromatic rings. The van der Waals surface area contributed by atoms with E-state index in [0.29, 0.717) is 12.3 Å². The summed E-state index contributed by atoms with van der Waals surface area (Å²) in [4.78, 5) is 16.6. The zero-order valence-corrected chi connectivity index (χ0v) is 13.5. The van der Waals surface area contributed by atoms with Gasteiger partial charge in [-0.2, -0.15) is 4.98 Å². The molecule has 0 aliphatic carbocycles. The topological polar surface area (TPSA) is 76.4 Å². The van der Waals surface area contributed by atoms with Gasteiger partial charge in [-0.05, 0) is 35.8 Å². The fourth-order valence-corrected chi connectivity index (χ4v) is 3.47. The SMILES string of the molecule is COc1cc(/C=C2\CCn3c2nc(=O)c2c3CCNC2)ccc1O. The minimum atomic E-state index is -0.125. The van der Waals surface area contributed by atoms with Crippen LogP contribution in [0.4, 0.5) is 0 Å². The van der Waals surface area contributed by atoms with E-state index in [9.17, 15) is 9.90 Å². The van der Waals surface area contributed by atoms with Gasteiger partial charge in [0, 0.05) is 31.7 Å². The van der Waals surface area contributed by atoms with Crippen LogP contribution in [-0.4, -0.2) is 28.3 Å². The number of ether oxygens (including phenoxy) is 1. The predicted molar refractivity (Wildman–Crippen MR) is 91.1 cm³/mol. The molecule has 24 heavy (non-hydrogen) atoms. The molecule has 1 aromatic heterocycles. The Morgan fingerprint density at radius 3 is 3.08 bits per heavy atom. The molecule has 0 saturated heterocycles. The average Bonchev–Trinajstić information content (AvgIpc) is 3.00. The van der Waals surface area contributed by atoms with Crippen molar-refractivity contribution in [2.24, 2.45) is 0 Å². The van der Waals surface area contributed by atoms with Crippen molar-refractivity contribution in [3.8, 4) is 11.5 Å². The Morgan fingerprint density at radius 2 is 2.25 bits per heavy atom. The number of aromatic hydroxyl groups is 1. The lowest BCUT2D eigenvalue weighted by Gasteiger charge is -2.20. The monoisotopic (exact) mass is 325 g/mol. The van der Waals surface area contributed by atoms with E-state index in [1.54, 1.807) is 12.1 Å². The Balaban J connectivity index is 1.79. The highest BCUT2D eigenvalue weighted by atomic mass is 16.5. The highest BCUT2D eigenvalue weighted by Crippen LogP contribution is 2.32. The van der Waals surface area contributed by atoms with Gasteiger partial charge in [-0.15, -0.1) is 0 Å². The molecule has 2 aliphatic rings. The van der Waals surface area contributed by atoms with E-state index in [4.69, 9.17) is 4.74 Å². The lowest BCUT2D eigenvalue weighted by molar-refractivity contribution is 0.373. The van der Waals surface area contributed by atoms with Crippen LogP contribution in [0.2, 0.25) is 0 Å². The van der Waals surface area contributed by atoms with E-state index in [-0.39, 0.29) is 11.3 Å². The average molecular weight is 325 g/mol. The second kappa shape index (κ2) is 5.79. The van der Waals surface area contributed by atoms with Crippen molar-refractivity contribution in [3.63, 3.8) is 0 Å². The molecule has 124 valence electrons. The van der Waals surface area contributed by atoms with Crippen molar-refractivity contribution in [2.75, 3.05) is 13.7 Å². The van der Waals surface area contributed by atoms with Gasteiger partial charge in [-0.1, -0.05) is 6.07 Å². The van der Waals surface area contributed by atoms with E-state index < -0.39 is 0 Å². The van der Waals surface area contributed by atoms with Crippen LogP contribution in [0.3, 0.4) is 0 Å². The molecule has 2 N–H and O–H groups in total. The summed E-state index contributed by atoms with van der Waals surface area (Å²) in [6.07, 6.45) is 3.72. The van der Waals surface area contributed by atoms with E-state index in [1.165, 1.54) is 7.11 Å². The molecule has 4 rings (SSSR count). The Kier molecular flexibility index (Phi) is 3.61. The normalized spacial score (nSPS) is 17.6. The van der Waals surface area contributed by atoms with Crippen molar-refractivity contribution < 1.29 is 9.84 Å². The summed E-state index contributed by atoms with van der Waals surface area (Å²) in [5.74, 6) is 1.32. The Morgan fingerprint density at radius 1 is 1.38 bits per heavy atom. The molecular weight excluding hydrogens is 306 g/mol. The zero-order valence-electron chi connectivity index (χ0n) is 13.5. The number of nitrogens with zero attached hydrogens (tertiary/aromatic N) is 2. The van der Waals surface area contributed by atoms with Crippen LogP contribution in [0.1, 0.15) is 29.1 Å². The molecular formula is C18H19N3O3. The van der Waals surface area contributed by atoms with Crippen LogP contribution in [0.25, 0.3) is 11.6 Å². The van der Waals surface area contributed by atoms with Gasteiger partial charge >= 0.3 is 0 Å². The van der Waals surface area contributed by atoms with Crippen molar-refractivity contribution in [2.45, 2.75) is 25.9 Å². The molecule has 0 radical (unpaired) electrons. The summed E-state index contributed by atoms with van der Waals surface area (Å²) in [6.45, 7) is 2.35. The van der Waals surface area contributed by atoms with Crippen molar-refractivity contribution in [1.29, 1.82) is 0 Å². The van der Waals surface area contributed by atoms with E-state index in [0.717, 1.165) is 54.1 Å². The summed E-state index contributed by atoms with van der Waals surface area (Å²) in [5.41, 5.74) is 3.76. The van der Waals surface area contributed by atoms with Crippen molar-refractivity contribution >= 4 is 11.6 Å². The van der Waals surface area contributed by atoms with Gasteiger partial charge in [-0.3, -0.25) is 4.79 Å². The highest BCUT2D eigenvalue weighted by Gasteiger charge is 2.25. The molecule has 6 heteroatoms. The fourth-order valence-electron chi connectivity index (χ4n) is 3.47. The fraction of sp³-hybridized carbons (Fsp3) is 0.333. The number of rotatable bonds is 2. The lowest BCUT2D eigenvalue weighted by atomic mass is 10.1. The number of nitrogens with one attached hydrogen (secondary N) is 1. The number of hydrogen-bond donors (Lipinski definition) is 2. The molecule has 0 unspecified atom stereocenters. The molecule has 6 nitrogen and oxygen atoms in total. The Labute approximate surface area is 139 Å². The number of methoxy groups -OCH3 is 1. The second-order valence-electron chi connectivity index (χ2n) is 6.10. The maximum Gasteiger partial charge on any atom is 0.277 e. The smallest absolute Gasteiger partial charge is 0.277 e. The quantitative estimate of drug-likeness (QED) is 0.876. The van der Waals surface area contributed by atoms with Gasteiger partial charge in [0.05, 0.1) is 12.7 Å². The van der Waals surface area contributed by atoms with Gasteiger partial charge < -0.3 is 19.7 Å². The molecule has 2 aliphatic heterocycles. The predicted octanol–water partition coefficient (Wildman–Crippen LogP) is 1.55. The van der Waals surface area contributed by atoms with Crippen LogP contribution < -0.4 is 15.6 Å². The molecule has 3 heterocycles. The van der Waals surface area contributed by atoms with E-state index >= 15 is 0 Å². The molecule has 0 atom stereocenters. The minimum Gasteiger partial charge on any atom is -0.504 e. The molecule has 0 spiro atoms. The maximum atomic E-state index is 12.3. The number of phenols is 1. The number of hydrogen-bond acceptors (Lipinski definition) is 5. The van der Waals surface area contributed by atoms with Gasteiger partial charge in [0.25, 0.3) is 5.56 Å². The molecule has 0 bridgehead atoms. The largest absolute Gasteiger partial charge is 0.504 e. The first-order chi connectivity index (χ1) is 11.7. The summed E-state index contributed by atoms with van der Waals surface area (Å²) >= 11 is 0. The van der Waals surface area contributed by atoms with E-state index in [1.807, 2.05) is 12.1 Å². The molecule has 0 fully saturated rings. The summed E-state index contributed by atoms with van der Waals surface area (Å²) in [5, 5.41) is 12.9. The first kappa shape index (κ1) is 15.0. The van der Waals surface area contributed by atoms with Gasteiger partial charge in [0.2, 0.25) is 0 Å². The minimum absolute atomic E-state index is 0.113. The Hall–Kier alpha value is -2.60. The van der Waals surface area contributed by atoms with Crippen LogP contribution in [0.15, 0.2) is 23.0 Å². The van der Waals surface area contributed by atoms with Crippen molar-refractivity contribution in [1.82, 2.24) is 14.9 Å². The van der Waals surface area contributed by atoms with E-state index in [2.05, 4.69) is 14.9 Å². The van der Waals surface area contributed by atoms with Crippen LogP contribution in [0.5, 0.6) is 11.5 Å². The lowest BCUT2D eigenvalue weighted by Crippen LogP contribution is -2.34. The zero-order chi connectivity index (χ0) is 16.7. The number of aromatic nitrogens is 2. The molecule has 0 amide bonds. The maximum absolute atomic E-state index is 12.3. The first-order valence-corrected chi connectivity index (χ1v) is 8.08. The third-order valence-electron chi connectivity index (χ3n) is 4.67. The summed E-state index contributed by atoms with van der Waals surface area (Å²) in [6, 6.07) is 5.22. The van der Waals surface area contributed by atoms with Crippen LogP contribution >= 0.6 is 0 Å². The number of allylic oxidation sites excluding steroid dienone is 1. The van der Waals surface area contributed by atoms with Crippen LogP contribution in [-0.2, 0) is 19.5 Å². The first-order valence-electron chi connectivity index (χ1n) is 8.08. The van der Waals surface area contributed by atoms with Gasteiger partial charge in [0.15, 0.2) is 11.5 Å². The number of benzene rings is 1. The summed E-state index contributed by atoms with van der Waals surface area (Å²) in [7, 11) is 1.53. The van der Waals surface area contributed by atoms with Crippen LogP contribution in [0, 0.1) is 0 Å². The molecule has 0 saturated carbocycles. The van der Waals surface area contributed by atoms with Gasteiger partial charge in [0.1, 0.15) is 5.82 Å². The third-order valence-corrected chi connectivity index (χ3v) is 4.67.